The van der Waals surface area contributed by atoms with E-state index in [0.717, 1.165) is 30.4 Å². The van der Waals surface area contributed by atoms with Gasteiger partial charge < -0.3 is 0 Å². The van der Waals surface area contributed by atoms with Crippen LogP contribution in [0.3, 0.4) is 0 Å². The third-order valence-electron chi connectivity index (χ3n) is 3.79. The molecule has 0 aliphatic heterocycles. The molecule has 0 bridgehead atoms. The van der Waals surface area contributed by atoms with Crippen molar-refractivity contribution in [1.29, 1.82) is 0 Å². The third kappa shape index (κ3) is 1.98. The van der Waals surface area contributed by atoms with Gasteiger partial charge in [0.15, 0.2) is 0 Å². The van der Waals surface area contributed by atoms with Crippen molar-refractivity contribution in [2.75, 3.05) is 0 Å². The van der Waals surface area contributed by atoms with Crippen molar-refractivity contribution < 1.29 is 8.78 Å². The summed E-state index contributed by atoms with van der Waals surface area (Å²) < 4.78 is 26.7. The summed E-state index contributed by atoms with van der Waals surface area (Å²) in [5, 5.41) is 0. The largest absolute Gasteiger partial charge is 0.248 e. The summed E-state index contributed by atoms with van der Waals surface area (Å²) in [4.78, 5) is 0. The van der Waals surface area contributed by atoms with Gasteiger partial charge in [0.25, 0.3) is 0 Å². The van der Waals surface area contributed by atoms with E-state index < -0.39 is 11.8 Å². The molecule has 1 fully saturated rings. The lowest BCUT2D eigenvalue weighted by molar-refractivity contribution is 0.0254. The maximum Gasteiger partial charge on any atom is 0.248 e. The highest BCUT2D eigenvalue weighted by molar-refractivity contribution is 5.30. The van der Waals surface area contributed by atoms with Crippen molar-refractivity contribution in [3.05, 3.63) is 35.4 Å². The molecule has 0 saturated heterocycles. The highest BCUT2D eigenvalue weighted by Crippen LogP contribution is 2.43. The molecule has 0 spiro atoms. The molecule has 0 atom stereocenters. The van der Waals surface area contributed by atoms with Gasteiger partial charge in [0.2, 0.25) is 6.43 Å². The fraction of sp³-hybridized carbons (Fsp3) is 0.571. The Morgan fingerprint density at radius 3 is 2.06 bits per heavy atom. The molecule has 2 rings (SSSR count). The van der Waals surface area contributed by atoms with Gasteiger partial charge in [0, 0.05) is 0 Å². The second-order valence-electron chi connectivity index (χ2n) is 4.88. The lowest BCUT2D eigenvalue weighted by Gasteiger charge is -2.37. The van der Waals surface area contributed by atoms with Crippen molar-refractivity contribution in [2.45, 2.75) is 50.9 Å². The number of hydrogen-bond acceptors (Lipinski definition) is 0. The molecular formula is C14H18F2. The van der Waals surface area contributed by atoms with Gasteiger partial charge in [0.1, 0.15) is 0 Å². The van der Waals surface area contributed by atoms with E-state index in [0.29, 0.717) is 12.8 Å². The van der Waals surface area contributed by atoms with Gasteiger partial charge >= 0.3 is 0 Å². The Kier molecular flexibility index (Phi) is 3.27. The van der Waals surface area contributed by atoms with E-state index in [9.17, 15) is 8.78 Å². The zero-order chi connectivity index (χ0) is 11.6. The van der Waals surface area contributed by atoms with E-state index in [4.69, 9.17) is 0 Å². The Hall–Kier alpha value is -0.920. The molecule has 1 aromatic carbocycles. The van der Waals surface area contributed by atoms with Crippen molar-refractivity contribution in [2.24, 2.45) is 0 Å². The topological polar surface area (TPSA) is 0 Å². The monoisotopic (exact) mass is 224 g/mol. The number of benzene rings is 1. The van der Waals surface area contributed by atoms with Crippen LogP contribution < -0.4 is 0 Å². The lowest BCUT2D eigenvalue weighted by Crippen LogP contribution is -2.36. The Labute approximate surface area is 95.7 Å². The fourth-order valence-electron chi connectivity index (χ4n) is 2.70. The number of aryl methyl sites for hydroxylation is 1. The first-order valence-corrected chi connectivity index (χ1v) is 6.00. The summed E-state index contributed by atoms with van der Waals surface area (Å²) >= 11 is 0. The first-order valence-electron chi connectivity index (χ1n) is 6.00. The van der Waals surface area contributed by atoms with Crippen LogP contribution in [0.1, 0.15) is 43.2 Å². The predicted molar refractivity (Wildman–Crippen MR) is 61.9 cm³/mol. The minimum atomic E-state index is -2.24. The van der Waals surface area contributed by atoms with Crippen LogP contribution in [0, 0.1) is 6.92 Å². The average molecular weight is 224 g/mol. The maximum atomic E-state index is 13.4. The molecule has 88 valence electrons. The smallest absolute Gasteiger partial charge is 0.210 e. The Morgan fingerprint density at radius 1 is 1.00 bits per heavy atom. The molecule has 0 unspecified atom stereocenters. The van der Waals surface area contributed by atoms with Crippen LogP contribution in [0.25, 0.3) is 0 Å². The SMILES string of the molecule is Cc1ccc(C2(C(F)F)CCCCC2)cc1. The summed E-state index contributed by atoms with van der Waals surface area (Å²) in [6, 6.07) is 7.64. The van der Waals surface area contributed by atoms with Gasteiger partial charge in [-0.3, -0.25) is 0 Å². The van der Waals surface area contributed by atoms with E-state index in [-0.39, 0.29) is 0 Å². The molecule has 1 aliphatic carbocycles. The van der Waals surface area contributed by atoms with Crippen LogP contribution in [-0.4, -0.2) is 6.43 Å². The predicted octanol–water partition coefficient (Wildman–Crippen LogP) is 4.46. The molecule has 1 aliphatic rings. The number of hydrogen-bond donors (Lipinski definition) is 0. The molecule has 2 heteroatoms. The third-order valence-corrected chi connectivity index (χ3v) is 3.79. The van der Waals surface area contributed by atoms with Crippen molar-refractivity contribution in [1.82, 2.24) is 0 Å². The maximum absolute atomic E-state index is 13.4. The zero-order valence-electron chi connectivity index (χ0n) is 9.68. The van der Waals surface area contributed by atoms with Crippen LogP contribution in [-0.2, 0) is 5.41 Å². The van der Waals surface area contributed by atoms with Crippen LogP contribution in [0.2, 0.25) is 0 Å². The number of halogens is 2. The first kappa shape index (κ1) is 11.6. The molecule has 0 aromatic heterocycles. The average Bonchev–Trinajstić information content (AvgIpc) is 2.30. The van der Waals surface area contributed by atoms with E-state index in [1.807, 2.05) is 31.2 Å². The van der Waals surface area contributed by atoms with E-state index in [1.54, 1.807) is 0 Å². The highest BCUT2D eigenvalue weighted by atomic mass is 19.3. The highest BCUT2D eigenvalue weighted by Gasteiger charge is 2.42. The van der Waals surface area contributed by atoms with Crippen molar-refractivity contribution in [3.8, 4) is 0 Å². The molecule has 1 aromatic rings. The van der Waals surface area contributed by atoms with E-state index >= 15 is 0 Å². The van der Waals surface area contributed by atoms with E-state index in [1.165, 1.54) is 0 Å². The Balaban J connectivity index is 2.34. The number of rotatable bonds is 2. The van der Waals surface area contributed by atoms with Gasteiger partial charge in [-0.2, -0.15) is 0 Å². The molecular weight excluding hydrogens is 206 g/mol. The van der Waals surface area contributed by atoms with Gasteiger partial charge in [0.05, 0.1) is 5.41 Å². The normalized spacial score (nSPS) is 20.0. The molecule has 0 heterocycles. The molecule has 0 radical (unpaired) electrons. The number of alkyl halides is 2. The standard InChI is InChI=1S/C14H18F2/c1-11-5-7-12(8-6-11)14(13(15)16)9-3-2-4-10-14/h5-8,13H,2-4,9-10H2,1H3. The molecule has 1 saturated carbocycles. The van der Waals surface area contributed by atoms with Crippen molar-refractivity contribution >= 4 is 0 Å². The minimum absolute atomic E-state index is 0.633. The van der Waals surface area contributed by atoms with Crippen LogP contribution in [0.5, 0.6) is 0 Å². The van der Waals surface area contributed by atoms with Gasteiger partial charge in [-0.05, 0) is 25.3 Å². The first-order chi connectivity index (χ1) is 7.65. The van der Waals surface area contributed by atoms with Gasteiger partial charge in [-0.15, -0.1) is 0 Å². The molecule has 0 amide bonds. The Bertz CT molecular complexity index is 334. The summed E-state index contributed by atoms with van der Waals surface area (Å²) in [6.07, 6.45) is 1.98. The summed E-state index contributed by atoms with van der Waals surface area (Å²) in [7, 11) is 0. The van der Waals surface area contributed by atoms with Crippen LogP contribution in [0.4, 0.5) is 8.78 Å². The summed E-state index contributed by atoms with van der Waals surface area (Å²) in [5.41, 5.74) is 1.09. The molecule has 0 N–H and O–H groups in total. The molecule has 16 heavy (non-hydrogen) atoms. The summed E-state index contributed by atoms with van der Waals surface area (Å²) in [5.74, 6) is 0. The summed E-state index contributed by atoms with van der Waals surface area (Å²) in [6.45, 7) is 1.99. The molecule has 0 nitrogen and oxygen atoms in total. The van der Waals surface area contributed by atoms with Gasteiger partial charge in [-0.25, -0.2) is 8.78 Å². The quantitative estimate of drug-likeness (QED) is 0.695. The van der Waals surface area contributed by atoms with Crippen molar-refractivity contribution in [3.63, 3.8) is 0 Å². The second-order valence-corrected chi connectivity index (χ2v) is 4.88. The van der Waals surface area contributed by atoms with E-state index in [2.05, 4.69) is 0 Å². The second kappa shape index (κ2) is 4.52. The fourth-order valence-corrected chi connectivity index (χ4v) is 2.70. The van der Waals surface area contributed by atoms with Crippen LogP contribution in [0.15, 0.2) is 24.3 Å². The zero-order valence-corrected chi connectivity index (χ0v) is 9.68. The Morgan fingerprint density at radius 2 is 1.56 bits per heavy atom. The van der Waals surface area contributed by atoms with Gasteiger partial charge in [-0.1, -0.05) is 49.1 Å². The minimum Gasteiger partial charge on any atom is -0.210 e. The van der Waals surface area contributed by atoms with Crippen LogP contribution >= 0.6 is 0 Å². The lowest BCUT2D eigenvalue weighted by atomic mass is 9.69.